The number of rotatable bonds is 6. The van der Waals surface area contributed by atoms with Crippen molar-refractivity contribution in [3.05, 3.63) is 94.0 Å². The molecule has 1 aliphatic heterocycles. The molecule has 0 unspecified atom stereocenters. The Bertz CT molecular complexity index is 1420. The first-order valence-corrected chi connectivity index (χ1v) is 12.5. The van der Waals surface area contributed by atoms with Crippen molar-refractivity contribution >= 4 is 46.8 Å². The SMILES string of the molecule is C[C@@H](C(N)=O)N(C(=O)Cc1cc(F)cc(F)c1)[C@@H]1C(=O)Nc2cc(Cl)ccc2S[C@@H]1c1cc(F)ccc1F. The molecular weight excluding hydrogens is 546 g/mol. The van der Waals surface area contributed by atoms with Crippen LogP contribution >= 0.6 is 23.4 Å². The number of halogens is 5. The summed E-state index contributed by atoms with van der Waals surface area (Å²) in [6.07, 6.45) is -0.613. The lowest BCUT2D eigenvalue weighted by molar-refractivity contribution is -0.144. The van der Waals surface area contributed by atoms with Gasteiger partial charge in [-0.1, -0.05) is 11.6 Å². The van der Waals surface area contributed by atoms with Crippen LogP contribution in [0.25, 0.3) is 0 Å². The Balaban J connectivity index is 1.87. The highest BCUT2D eigenvalue weighted by Gasteiger charge is 2.44. The zero-order valence-corrected chi connectivity index (χ0v) is 21.3. The minimum absolute atomic E-state index is 0.0700. The molecule has 6 nitrogen and oxygen atoms in total. The molecule has 1 aliphatic rings. The van der Waals surface area contributed by atoms with E-state index in [1.807, 2.05) is 0 Å². The van der Waals surface area contributed by atoms with Crippen LogP contribution in [0.2, 0.25) is 5.02 Å². The molecule has 0 aliphatic carbocycles. The van der Waals surface area contributed by atoms with Crippen LogP contribution in [0.3, 0.4) is 0 Å². The van der Waals surface area contributed by atoms with E-state index >= 15 is 4.39 Å². The number of thioether (sulfide) groups is 1. The summed E-state index contributed by atoms with van der Waals surface area (Å²) in [5, 5.41) is 1.65. The number of nitrogens with one attached hydrogen (secondary N) is 1. The molecule has 0 saturated heterocycles. The Morgan fingerprint density at radius 2 is 1.71 bits per heavy atom. The number of carbonyl (C=O) groups is 3. The van der Waals surface area contributed by atoms with E-state index in [-0.39, 0.29) is 21.8 Å². The molecule has 0 saturated carbocycles. The average molecular weight is 566 g/mol. The first-order chi connectivity index (χ1) is 17.9. The maximum Gasteiger partial charge on any atom is 0.248 e. The number of primary amides is 1. The van der Waals surface area contributed by atoms with Gasteiger partial charge in [0.15, 0.2) is 0 Å². The zero-order chi connectivity index (χ0) is 27.7. The lowest BCUT2D eigenvalue weighted by Crippen LogP contribution is -2.57. The molecule has 0 bridgehead atoms. The normalized spacial score (nSPS) is 17.7. The van der Waals surface area contributed by atoms with Crippen LogP contribution in [-0.2, 0) is 20.8 Å². The third-order valence-corrected chi connectivity index (χ3v) is 7.58. The van der Waals surface area contributed by atoms with Gasteiger partial charge in [-0.15, -0.1) is 11.8 Å². The highest BCUT2D eigenvalue weighted by Crippen LogP contribution is 2.47. The highest BCUT2D eigenvalue weighted by atomic mass is 35.5. The Labute approximate surface area is 224 Å². The molecule has 0 aromatic heterocycles. The van der Waals surface area contributed by atoms with Gasteiger partial charge >= 0.3 is 0 Å². The third-order valence-electron chi connectivity index (χ3n) is 5.97. The molecular formula is C26H20ClF4N3O3S. The van der Waals surface area contributed by atoms with Gasteiger partial charge in [-0.05, 0) is 61.0 Å². The van der Waals surface area contributed by atoms with Crippen molar-refractivity contribution in [2.75, 3.05) is 5.32 Å². The monoisotopic (exact) mass is 565 g/mol. The van der Waals surface area contributed by atoms with Crippen molar-refractivity contribution in [2.45, 2.75) is 35.6 Å². The first-order valence-electron chi connectivity index (χ1n) is 11.2. The molecule has 3 aromatic rings. The second kappa shape index (κ2) is 11.0. The van der Waals surface area contributed by atoms with E-state index in [1.165, 1.54) is 19.1 Å². The Morgan fingerprint density at radius 3 is 2.37 bits per heavy atom. The van der Waals surface area contributed by atoms with Gasteiger partial charge in [-0.2, -0.15) is 0 Å². The van der Waals surface area contributed by atoms with Crippen LogP contribution in [0.1, 0.15) is 23.3 Å². The summed E-state index contributed by atoms with van der Waals surface area (Å²) in [7, 11) is 0. The predicted octanol–water partition coefficient (Wildman–Crippen LogP) is 5.00. The maximum absolute atomic E-state index is 15.1. The number of hydrogen-bond donors (Lipinski definition) is 2. The van der Waals surface area contributed by atoms with E-state index in [0.29, 0.717) is 11.0 Å². The molecule has 3 amide bonds. The summed E-state index contributed by atoms with van der Waals surface area (Å²) in [5.74, 6) is -6.24. The smallest absolute Gasteiger partial charge is 0.248 e. The number of anilines is 1. The summed E-state index contributed by atoms with van der Waals surface area (Å²) in [6.45, 7) is 1.26. The maximum atomic E-state index is 15.1. The van der Waals surface area contributed by atoms with Crippen LogP contribution in [0.4, 0.5) is 23.2 Å². The lowest BCUT2D eigenvalue weighted by Gasteiger charge is -2.37. The number of nitrogens with zero attached hydrogens (tertiary/aromatic N) is 1. The van der Waals surface area contributed by atoms with Crippen molar-refractivity contribution in [3.63, 3.8) is 0 Å². The van der Waals surface area contributed by atoms with Gasteiger partial charge in [0.25, 0.3) is 0 Å². The fourth-order valence-electron chi connectivity index (χ4n) is 4.21. The second-order valence-electron chi connectivity index (χ2n) is 8.61. The van der Waals surface area contributed by atoms with Crippen molar-refractivity contribution in [1.82, 2.24) is 4.90 Å². The van der Waals surface area contributed by atoms with Crippen molar-refractivity contribution in [1.29, 1.82) is 0 Å². The minimum Gasteiger partial charge on any atom is -0.368 e. The molecule has 3 aromatic carbocycles. The molecule has 0 spiro atoms. The topological polar surface area (TPSA) is 92.5 Å². The van der Waals surface area contributed by atoms with E-state index in [0.717, 1.165) is 47.0 Å². The Kier molecular flexibility index (Phi) is 7.98. The van der Waals surface area contributed by atoms with Gasteiger partial charge in [0.2, 0.25) is 17.7 Å². The van der Waals surface area contributed by atoms with Gasteiger partial charge in [0.05, 0.1) is 17.4 Å². The van der Waals surface area contributed by atoms with Crippen LogP contribution in [-0.4, -0.2) is 34.7 Å². The molecule has 1 heterocycles. The molecule has 0 radical (unpaired) electrons. The quantitative estimate of drug-likeness (QED) is 0.412. The minimum atomic E-state index is -1.60. The van der Waals surface area contributed by atoms with E-state index in [4.69, 9.17) is 17.3 Å². The summed E-state index contributed by atoms with van der Waals surface area (Å²) in [6, 6.07) is 6.69. The standard InChI is InChI=1S/C26H20ClF4N3O3S/c1-12(25(32)36)34(22(35)8-13-6-16(29)10-17(30)7-13)23-24(18-11-15(28)3-4-19(18)31)38-21-5-2-14(27)9-20(21)33-26(23)37/h2-7,9-12,23-24H,8H2,1H3,(H2,32,36)(H,33,37)/t12-,23-,24+/m0/s1. The number of hydrogen-bond acceptors (Lipinski definition) is 4. The number of carbonyl (C=O) groups excluding carboxylic acids is 3. The summed E-state index contributed by atoms with van der Waals surface area (Å²) in [4.78, 5) is 40.8. The van der Waals surface area contributed by atoms with Crippen LogP contribution < -0.4 is 11.1 Å². The predicted molar refractivity (Wildman–Crippen MR) is 134 cm³/mol. The van der Waals surface area contributed by atoms with Crippen molar-refractivity contribution < 1.29 is 31.9 Å². The summed E-state index contributed by atoms with van der Waals surface area (Å²) < 4.78 is 56.9. The van der Waals surface area contributed by atoms with Crippen molar-refractivity contribution in [2.24, 2.45) is 5.73 Å². The average Bonchev–Trinajstić information content (AvgIpc) is 2.96. The van der Waals surface area contributed by atoms with Gasteiger partial charge < -0.3 is 16.0 Å². The number of amides is 3. The van der Waals surface area contributed by atoms with Crippen LogP contribution in [0.5, 0.6) is 0 Å². The number of nitrogens with two attached hydrogens (primary N) is 1. The van der Waals surface area contributed by atoms with Crippen molar-refractivity contribution in [3.8, 4) is 0 Å². The fourth-order valence-corrected chi connectivity index (χ4v) is 5.73. The Hall–Kier alpha value is -3.57. The third kappa shape index (κ3) is 5.78. The summed E-state index contributed by atoms with van der Waals surface area (Å²) >= 11 is 7.02. The van der Waals surface area contributed by atoms with E-state index in [1.54, 1.807) is 6.07 Å². The molecule has 3 atom stereocenters. The van der Waals surface area contributed by atoms with Gasteiger partial charge in [-0.25, -0.2) is 17.6 Å². The largest absolute Gasteiger partial charge is 0.368 e. The number of fused-ring (bicyclic) bond motifs is 1. The molecule has 4 rings (SSSR count). The molecule has 38 heavy (non-hydrogen) atoms. The highest BCUT2D eigenvalue weighted by molar-refractivity contribution is 7.99. The molecule has 12 heteroatoms. The van der Waals surface area contributed by atoms with Gasteiger partial charge in [0, 0.05) is 21.5 Å². The number of benzene rings is 3. The Morgan fingerprint density at radius 1 is 1.03 bits per heavy atom. The lowest BCUT2D eigenvalue weighted by atomic mass is 9.99. The fraction of sp³-hybridized carbons (Fsp3) is 0.192. The van der Waals surface area contributed by atoms with Crippen LogP contribution in [0.15, 0.2) is 59.5 Å². The van der Waals surface area contributed by atoms with Gasteiger partial charge in [0.1, 0.15) is 35.4 Å². The molecule has 3 N–H and O–H groups in total. The van der Waals surface area contributed by atoms with E-state index < -0.39 is 64.7 Å². The molecule has 198 valence electrons. The zero-order valence-electron chi connectivity index (χ0n) is 19.7. The van der Waals surface area contributed by atoms with E-state index in [2.05, 4.69) is 5.32 Å². The summed E-state index contributed by atoms with van der Waals surface area (Å²) in [5.41, 5.74) is 5.44. The first kappa shape index (κ1) is 27.5. The van der Waals surface area contributed by atoms with Gasteiger partial charge in [-0.3, -0.25) is 14.4 Å². The van der Waals surface area contributed by atoms with E-state index in [9.17, 15) is 27.6 Å². The second-order valence-corrected chi connectivity index (χ2v) is 10.2. The molecule has 0 fully saturated rings. The van der Waals surface area contributed by atoms with Crippen LogP contribution in [0, 0.1) is 23.3 Å².